The van der Waals surface area contributed by atoms with Crippen molar-refractivity contribution in [1.82, 2.24) is 14.1 Å². The summed E-state index contributed by atoms with van der Waals surface area (Å²) in [7, 11) is 0. The molecule has 0 aliphatic carbocycles. The molecule has 1 heterocycles. The van der Waals surface area contributed by atoms with Crippen molar-refractivity contribution >= 4 is 40.3 Å². The van der Waals surface area contributed by atoms with Crippen LogP contribution < -0.4 is 5.32 Å². The zero-order valence-corrected chi connectivity index (χ0v) is 11.6. The van der Waals surface area contributed by atoms with E-state index < -0.39 is 22.8 Å². The molecular formula is C11H10N4O5S. The van der Waals surface area contributed by atoms with E-state index >= 15 is 0 Å². The fourth-order valence-corrected chi connectivity index (χ4v) is 2.30. The van der Waals surface area contributed by atoms with Gasteiger partial charge in [-0.15, -0.1) is 0 Å². The molecule has 2 N–H and O–H groups in total. The number of nitrogens with zero attached hydrogens (tertiary/aromatic N) is 3. The average Bonchev–Trinajstić information content (AvgIpc) is 2.83. The molecule has 1 atom stereocenters. The first-order chi connectivity index (χ1) is 9.88. The molecule has 0 bridgehead atoms. The minimum absolute atomic E-state index is 0.0409. The largest absolute Gasteiger partial charge is 0.481 e. The molecule has 0 saturated carbocycles. The van der Waals surface area contributed by atoms with Gasteiger partial charge in [0.05, 0.1) is 23.1 Å². The van der Waals surface area contributed by atoms with Crippen molar-refractivity contribution in [3.63, 3.8) is 0 Å². The predicted octanol–water partition coefficient (Wildman–Crippen LogP) is 1.19. The zero-order valence-electron chi connectivity index (χ0n) is 10.8. The van der Waals surface area contributed by atoms with E-state index in [0.717, 1.165) is 17.8 Å². The lowest BCUT2D eigenvalue weighted by atomic mass is 10.1. The Morgan fingerprint density at radius 2 is 2.19 bits per heavy atom. The fraction of sp³-hybridized carbons (Fsp3) is 0.273. The number of carboxylic acid groups (broad SMARTS) is 1. The van der Waals surface area contributed by atoms with E-state index in [1.807, 2.05) is 0 Å². The van der Waals surface area contributed by atoms with Crippen LogP contribution in [0.5, 0.6) is 0 Å². The first-order valence-electron chi connectivity index (χ1n) is 5.82. The van der Waals surface area contributed by atoms with Gasteiger partial charge in [-0.05, 0) is 13.0 Å². The third kappa shape index (κ3) is 3.28. The van der Waals surface area contributed by atoms with Gasteiger partial charge in [0.2, 0.25) is 0 Å². The van der Waals surface area contributed by atoms with E-state index in [9.17, 15) is 19.7 Å². The van der Waals surface area contributed by atoms with Crippen LogP contribution in [0, 0.1) is 10.1 Å². The van der Waals surface area contributed by atoms with Crippen molar-refractivity contribution in [2.24, 2.45) is 0 Å². The summed E-state index contributed by atoms with van der Waals surface area (Å²) in [4.78, 5) is 32.9. The minimum Gasteiger partial charge on any atom is -0.481 e. The van der Waals surface area contributed by atoms with E-state index in [-0.39, 0.29) is 28.7 Å². The fourth-order valence-electron chi connectivity index (χ4n) is 1.76. The van der Waals surface area contributed by atoms with Crippen LogP contribution >= 0.6 is 11.7 Å². The number of carbonyl (C=O) groups excluding carboxylic acids is 1. The quantitative estimate of drug-likeness (QED) is 0.625. The number of nitro benzene ring substituents is 1. The molecular weight excluding hydrogens is 300 g/mol. The number of carboxylic acids is 1. The monoisotopic (exact) mass is 310 g/mol. The smallest absolute Gasteiger partial charge is 0.305 e. The topological polar surface area (TPSA) is 135 Å². The van der Waals surface area contributed by atoms with Gasteiger partial charge in [-0.1, -0.05) is 0 Å². The first-order valence-corrected chi connectivity index (χ1v) is 6.55. The number of benzene rings is 1. The van der Waals surface area contributed by atoms with Gasteiger partial charge >= 0.3 is 5.97 Å². The SMILES string of the molecule is CC(CC(=O)O)NC(=O)c1cc([N+](=O)[O-])c2nsnc2c1. The van der Waals surface area contributed by atoms with Gasteiger partial charge in [0.1, 0.15) is 5.52 Å². The summed E-state index contributed by atoms with van der Waals surface area (Å²) < 4.78 is 7.70. The zero-order chi connectivity index (χ0) is 15.6. The molecule has 1 aromatic carbocycles. The number of amides is 1. The molecule has 0 fully saturated rings. The average molecular weight is 310 g/mol. The summed E-state index contributed by atoms with van der Waals surface area (Å²) in [6, 6.07) is 1.89. The highest BCUT2D eigenvalue weighted by Crippen LogP contribution is 2.25. The second-order valence-electron chi connectivity index (χ2n) is 4.36. The molecule has 1 aromatic heterocycles. The van der Waals surface area contributed by atoms with Crippen molar-refractivity contribution in [2.75, 3.05) is 0 Å². The third-order valence-corrected chi connectivity index (χ3v) is 3.20. The number of fused-ring (bicyclic) bond motifs is 1. The Hall–Kier alpha value is -2.62. The summed E-state index contributed by atoms with van der Waals surface area (Å²) in [6.45, 7) is 1.53. The molecule has 1 unspecified atom stereocenters. The van der Waals surface area contributed by atoms with Crippen LogP contribution in [0.2, 0.25) is 0 Å². The van der Waals surface area contributed by atoms with Crippen LogP contribution in [0.4, 0.5) is 5.69 Å². The van der Waals surface area contributed by atoms with Gasteiger partial charge in [-0.3, -0.25) is 19.7 Å². The van der Waals surface area contributed by atoms with Crippen LogP contribution in [-0.2, 0) is 4.79 Å². The number of non-ortho nitro benzene ring substituents is 1. The Morgan fingerprint density at radius 3 is 2.81 bits per heavy atom. The lowest BCUT2D eigenvalue weighted by molar-refractivity contribution is -0.383. The Morgan fingerprint density at radius 1 is 1.48 bits per heavy atom. The Labute approximate surface area is 122 Å². The van der Waals surface area contributed by atoms with Crippen molar-refractivity contribution in [2.45, 2.75) is 19.4 Å². The lowest BCUT2D eigenvalue weighted by Crippen LogP contribution is -2.34. The molecule has 0 radical (unpaired) electrons. The number of aromatic nitrogens is 2. The number of hydrogen-bond acceptors (Lipinski definition) is 7. The van der Waals surface area contributed by atoms with E-state index in [2.05, 4.69) is 14.1 Å². The van der Waals surface area contributed by atoms with E-state index in [0.29, 0.717) is 0 Å². The van der Waals surface area contributed by atoms with Crippen LogP contribution in [-0.4, -0.2) is 36.7 Å². The summed E-state index contributed by atoms with van der Waals surface area (Å²) in [5.74, 6) is -1.64. The molecule has 0 spiro atoms. The van der Waals surface area contributed by atoms with Crippen molar-refractivity contribution in [1.29, 1.82) is 0 Å². The molecule has 10 heteroatoms. The second-order valence-corrected chi connectivity index (χ2v) is 4.89. The van der Waals surface area contributed by atoms with Gasteiger partial charge < -0.3 is 10.4 Å². The molecule has 0 aliphatic rings. The van der Waals surface area contributed by atoms with Crippen molar-refractivity contribution < 1.29 is 19.6 Å². The van der Waals surface area contributed by atoms with E-state index in [4.69, 9.17) is 5.11 Å². The molecule has 21 heavy (non-hydrogen) atoms. The van der Waals surface area contributed by atoms with Crippen LogP contribution in [0.15, 0.2) is 12.1 Å². The third-order valence-electron chi connectivity index (χ3n) is 2.66. The molecule has 9 nitrogen and oxygen atoms in total. The number of nitro groups is 1. The molecule has 1 amide bonds. The molecule has 0 aliphatic heterocycles. The minimum atomic E-state index is -1.05. The van der Waals surface area contributed by atoms with E-state index in [1.165, 1.54) is 13.0 Å². The molecule has 2 aromatic rings. The molecule has 110 valence electrons. The van der Waals surface area contributed by atoms with Crippen molar-refractivity contribution in [3.8, 4) is 0 Å². The standard InChI is InChI=1S/C11H10N4O5S/c1-5(2-9(16)17)12-11(18)6-3-7-10(14-21-13-7)8(4-6)15(19)20/h3-5H,2H2,1H3,(H,12,18)(H,16,17). The van der Waals surface area contributed by atoms with Gasteiger partial charge in [0, 0.05) is 17.7 Å². The van der Waals surface area contributed by atoms with Gasteiger partial charge in [-0.25, -0.2) is 0 Å². The van der Waals surface area contributed by atoms with Gasteiger partial charge in [0.15, 0.2) is 5.52 Å². The summed E-state index contributed by atoms with van der Waals surface area (Å²) in [5, 5.41) is 22.1. The summed E-state index contributed by atoms with van der Waals surface area (Å²) in [5.41, 5.74) is 0.113. The van der Waals surface area contributed by atoms with Gasteiger partial charge in [-0.2, -0.15) is 8.75 Å². The highest BCUT2D eigenvalue weighted by atomic mass is 32.1. The Balaban J connectivity index is 2.31. The lowest BCUT2D eigenvalue weighted by Gasteiger charge is -2.11. The van der Waals surface area contributed by atoms with Gasteiger partial charge in [0.25, 0.3) is 11.6 Å². The van der Waals surface area contributed by atoms with Crippen LogP contribution in [0.3, 0.4) is 0 Å². The normalized spacial score (nSPS) is 12.0. The maximum absolute atomic E-state index is 12.0. The maximum atomic E-state index is 12.0. The van der Waals surface area contributed by atoms with Crippen LogP contribution in [0.1, 0.15) is 23.7 Å². The Kier molecular flexibility index (Phi) is 4.08. The summed E-state index contributed by atoms with van der Waals surface area (Å²) >= 11 is 0.813. The predicted molar refractivity (Wildman–Crippen MR) is 73.3 cm³/mol. The number of hydrogen-bond donors (Lipinski definition) is 2. The molecule has 2 rings (SSSR count). The number of aliphatic carboxylic acids is 1. The number of rotatable bonds is 5. The van der Waals surface area contributed by atoms with Crippen LogP contribution in [0.25, 0.3) is 11.0 Å². The number of nitrogens with one attached hydrogen (secondary N) is 1. The summed E-state index contributed by atoms with van der Waals surface area (Å²) in [6.07, 6.45) is -0.242. The Bertz CT molecular complexity index is 728. The second kappa shape index (κ2) is 5.79. The first kappa shape index (κ1) is 14.8. The number of carbonyl (C=O) groups is 2. The van der Waals surface area contributed by atoms with E-state index in [1.54, 1.807) is 0 Å². The highest BCUT2D eigenvalue weighted by Gasteiger charge is 2.21. The highest BCUT2D eigenvalue weighted by molar-refractivity contribution is 7.00. The van der Waals surface area contributed by atoms with Crippen molar-refractivity contribution in [3.05, 3.63) is 27.8 Å². The maximum Gasteiger partial charge on any atom is 0.305 e. The molecule has 0 saturated heterocycles.